The Morgan fingerprint density at radius 2 is 1.95 bits per heavy atom. The van der Waals surface area contributed by atoms with E-state index in [1.54, 1.807) is 23.9 Å². The minimum absolute atomic E-state index is 0.119. The molecule has 2 nitrogen and oxygen atoms in total. The maximum atomic E-state index is 13.7. The van der Waals surface area contributed by atoms with Crippen LogP contribution >= 0.6 is 23.4 Å². The maximum Gasteiger partial charge on any atom is 0.256 e. The Bertz CT molecular complexity index is 660. The van der Waals surface area contributed by atoms with Crippen molar-refractivity contribution in [2.75, 3.05) is 5.32 Å². The molecule has 1 N–H and O–H groups in total. The van der Waals surface area contributed by atoms with E-state index in [4.69, 9.17) is 11.6 Å². The molecule has 1 amide bonds. The molecule has 0 fully saturated rings. The summed E-state index contributed by atoms with van der Waals surface area (Å²) in [4.78, 5) is 13.2. The second kappa shape index (κ2) is 6.96. The molecule has 21 heavy (non-hydrogen) atoms. The lowest BCUT2D eigenvalue weighted by molar-refractivity contribution is 0.102. The van der Waals surface area contributed by atoms with Crippen LogP contribution in [0, 0.1) is 5.82 Å². The maximum absolute atomic E-state index is 13.7. The third-order valence-corrected chi connectivity index (χ3v) is 3.99. The van der Waals surface area contributed by atoms with Gasteiger partial charge in [0.1, 0.15) is 5.82 Å². The number of hydrogen-bond donors (Lipinski definition) is 1. The predicted molar refractivity (Wildman–Crippen MR) is 86.8 cm³/mol. The van der Waals surface area contributed by atoms with Crippen molar-refractivity contribution in [1.82, 2.24) is 0 Å². The van der Waals surface area contributed by atoms with Crippen molar-refractivity contribution in [3.05, 3.63) is 58.9 Å². The van der Waals surface area contributed by atoms with Crippen LogP contribution in [0.1, 0.15) is 24.2 Å². The van der Waals surface area contributed by atoms with Crippen molar-refractivity contribution in [3.63, 3.8) is 0 Å². The number of amides is 1. The summed E-state index contributed by atoms with van der Waals surface area (Å²) < 4.78 is 13.7. The number of nitrogens with one attached hydrogen (secondary N) is 1. The standard InChI is InChI=1S/C16H15ClFNOS/c1-10(2)21-15-6-4-3-5-12(15)16(20)19-14-8-7-11(17)9-13(14)18/h3-10H,1-2H3,(H,19,20). The van der Waals surface area contributed by atoms with Crippen LogP contribution in [0.2, 0.25) is 5.02 Å². The normalized spacial score (nSPS) is 10.7. The van der Waals surface area contributed by atoms with Gasteiger partial charge in [-0.2, -0.15) is 0 Å². The Balaban J connectivity index is 2.24. The zero-order valence-electron chi connectivity index (χ0n) is 11.7. The molecule has 0 saturated heterocycles. The summed E-state index contributed by atoms with van der Waals surface area (Å²) in [6.45, 7) is 4.11. The molecular weight excluding hydrogens is 309 g/mol. The molecule has 2 rings (SSSR count). The molecule has 0 spiro atoms. The minimum Gasteiger partial charge on any atom is -0.319 e. The van der Waals surface area contributed by atoms with Gasteiger partial charge in [0.2, 0.25) is 0 Å². The van der Waals surface area contributed by atoms with E-state index >= 15 is 0 Å². The molecule has 0 heterocycles. The number of benzene rings is 2. The van der Waals surface area contributed by atoms with Crippen LogP contribution in [0.5, 0.6) is 0 Å². The highest BCUT2D eigenvalue weighted by Gasteiger charge is 2.14. The quantitative estimate of drug-likeness (QED) is 0.780. The molecule has 0 bridgehead atoms. The lowest BCUT2D eigenvalue weighted by Crippen LogP contribution is -2.14. The van der Waals surface area contributed by atoms with Crippen molar-refractivity contribution >= 4 is 35.0 Å². The van der Waals surface area contributed by atoms with E-state index in [2.05, 4.69) is 19.2 Å². The zero-order valence-corrected chi connectivity index (χ0v) is 13.3. The number of anilines is 1. The van der Waals surface area contributed by atoms with Gasteiger partial charge in [-0.05, 0) is 30.3 Å². The molecule has 110 valence electrons. The fraction of sp³-hybridized carbons (Fsp3) is 0.188. The highest BCUT2D eigenvalue weighted by molar-refractivity contribution is 8.00. The average Bonchev–Trinajstić information content (AvgIpc) is 2.42. The Kier molecular flexibility index (Phi) is 5.26. The smallest absolute Gasteiger partial charge is 0.256 e. The third-order valence-electron chi connectivity index (χ3n) is 2.67. The summed E-state index contributed by atoms with van der Waals surface area (Å²) in [5.41, 5.74) is 0.652. The summed E-state index contributed by atoms with van der Waals surface area (Å²) in [6, 6.07) is 11.4. The molecule has 0 aliphatic heterocycles. The molecule has 2 aromatic carbocycles. The lowest BCUT2D eigenvalue weighted by Gasteiger charge is -2.12. The van der Waals surface area contributed by atoms with Gasteiger partial charge < -0.3 is 5.32 Å². The van der Waals surface area contributed by atoms with E-state index in [0.717, 1.165) is 4.90 Å². The second-order valence-corrected chi connectivity index (χ2v) is 6.80. The van der Waals surface area contributed by atoms with Crippen LogP contribution in [0.3, 0.4) is 0 Å². The summed E-state index contributed by atoms with van der Waals surface area (Å²) in [6.07, 6.45) is 0. The summed E-state index contributed by atoms with van der Waals surface area (Å²) in [7, 11) is 0. The van der Waals surface area contributed by atoms with Gasteiger partial charge in [0, 0.05) is 15.2 Å². The number of rotatable bonds is 4. The van der Waals surface area contributed by atoms with Gasteiger partial charge in [0.05, 0.1) is 11.3 Å². The van der Waals surface area contributed by atoms with Crippen molar-refractivity contribution in [2.24, 2.45) is 0 Å². The number of carbonyl (C=O) groups excluding carboxylic acids is 1. The summed E-state index contributed by atoms with van der Waals surface area (Å²) in [5.74, 6) is -0.884. The van der Waals surface area contributed by atoms with E-state index in [1.165, 1.54) is 18.2 Å². The number of hydrogen-bond acceptors (Lipinski definition) is 2. The van der Waals surface area contributed by atoms with Gasteiger partial charge in [-0.15, -0.1) is 11.8 Å². The first kappa shape index (κ1) is 15.9. The van der Waals surface area contributed by atoms with Crippen LogP contribution in [-0.4, -0.2) is 11.2 Å². The Morgan fingerprint density at radius 1 is 1.24 bits per heavy atom. The number of carbonyl (C=O) groups is 1. The predicted octanol–water partition coefficient (Wildman–Crippen LogP) is 5.23. The van der Waals surface area contributed by atoms with E-state index in [9.17, 15) is 9.18 Å². The minimum atomic E-state index is -0.551. The highest BCUT2D eigenvalue weighted by Crippen LogP contribution is 2.27. The van der Waals surface area contributed by atoms with Crippen LogP contribution in [0.15, 0.2) is 47.4 Å². The Hall–Kier alpha value is -1.52. The Labute approximate surface area is 132 Å². The van der Waals surface area contributed by atoms with E-state index in [-0.39, 0.29) is 11.6 Å². The zero-order chi connectivity index (χ0) is 15.4. The molecular formula is C16H15ClFNOS. The molecule has 5 heteroatoms. The van der Waals surface area contributed by atoms with E-state index in [0.29, 0.717) is 15.8 Å². The first-order valence-electron chi connectivity index (χ1n) is 6.49. The molecule has 0 aliphatic carbocycles. The first-order chi connectivity index (χ1) is 9.97. The molecule has 0 aromatic heterocycles. The molecule has 0 radical (unpaired) electrons. The van der Waals surface area contributed by atoms with Crippen molar-refractivity contribution in [1.29, 1.82) is 0 Å². The Morgan fingerprint density at radius 3 is 2.62 bits per heavy atom. The van der Waals surface area contributed by atoms with Gasteiger partial charge in [0.15, 0.2) is 0 Å². The van der Waals surface area contributed by atoms with Crippen molar-refractivity contribution < 1.29 is 9.18 Å². The highest BCUT2D eigenvalue weighted by atomic mass is 35.5. The molecule has 0 saturated carbocycles. The fourth-order valence-corrected chi connectivity index (χ4v) is 2.90. The van der Waals surface area contributed by atoms with Gasteiger partial charge in [-0.1, -0.05) is 37.6 Å². The van der Waals surface area contributed by atoms with Crippen molar-refractivity contribution in [2.45, 2.75) is 24.0 Å². The number of thioether (sulfide) groups is 1. The SMILES string of the molecule is CC(C)Sc1ccccc1C(=O)Nc1ccc(Cl)cc1F. The lowest BCUT2D eigenvalue weighted by atomic mass is 10.2. The number of halogens is 2. The van der Waals surface area contributed by atoms with Gasteiger partial charge in [-0.3, -0.25) is 4.79 Å². The monoisotopic (exact) mass is 323 g/mol. The first-order valence-corrected chi connectivity index (χ1v) is 7.75. The summed E-state index contributed by atoms with van der Waals surface area (Å²) in [5, 5.41) is 3.23. The average molecular weight is 324 g/mol. The van der Waals surface area contributed by atoms with Gasteiger partial charge in [0.25, 0.3) is 5.91 Å². The van der Waals surface area contributed by atoms with Crippen LogP contribution < -0.4 is 5.32 Å². The van der Waals surface area contributed by atoms with E-state index in [1.807, 2.05) is 12.1 Å². The largest absolute Gasteiger partial charge is 0.319 e. The summed E-state index contributed by atoms with van der Waals surface area (Å²) >= 11 is 7.29. The van der Waals surface area contributed by atoms with Crippen LogP contribution in [0.25, 0.3) is 0 Å². The second-order valence-electron chi connectivity index (χ2n) is 4.74. The van der Waals surface area contributed by atoms with Gasteiger partial charge in [-0.25, -0.2) is 4.39 Å². The molecule has 0 unspecified atom stereocenters. The van der Waals surface area contributed by atoms with Crippen molar-refractivity contribution in [3.8, 4) is 0 Å². The topological polar surface area (TPSA) is 29.1 Å². The molecule has 0 atom stereocenters. The van der Waals surface area contributed by atoms with E-state index < -0.39 is 5.82 Å². The fourth-order valence-electron chi connectivity index (χ4n) is 1.79. The molecule has 2 aromatic rings. The van der Waals surface area contributed by atoms with Crippen LogP contribution in [-0.2, 0) is 0 Å². The molecule has 0 aliphatic rings. The van der Waals surface area contributed by atoms with Crippen LogP contribution in [0.4, 0.5) is 10.1 Å². The third kappa shape index (κ3) is 4.22. The van der Waals surface area contributed by atoms with Gasteiger partial charge >= 0.3 is 0 Å².